The first-order valence-electron chi connectivity index (χ1n) is 7.56. The van der Waals surface area contributed by atoms with Crippen LogP contribution in [0.15, 0.2) is 39.5 Å². The van der Waals surface area contributed by atoms with Crippen molar-refractivity contribution < 1.29 is 9.18 Å². The molecule has 1 aromatic heterocycles. The molecule has 124 valence electrons. The predicted molar refractivity (Wildman–Crippen MR) is 96.4 cm³/mol. The summed E-state index contributed by atoms with van der Waals surface area (Å²) in [6.07, 6.45) is 0. The first-order chi connectivity index (χ1) is 11.1. The smallest absolute Gasteiger partial charge is 0.252 e. The summed E-state index contributed by atoms with van der Waals surface area (Å²) in [6.45, 7) is 6.56. The van der Waals surface area contributed by atoms with Gasteiger partial charge in [-0.1, -0.05) is 13.8 Å². The molecule has 0 aliphatic rings. The third kappa shape index (κ3) is 4.62. The maximum Gasteiger partial charge on any atom is 0.252 e. The molecule has 1 atom stereocenters. The van der Waals surface area contributed by atoms with Gasteiger partial charge in [-0.3, -0.25) is 9.69 Å². The van der Waals surface area contributed by atoms with Gasteiger partial charge in [0.05, 0.1) is 11.6 Å². The van der Waals surface area contributed by atoms with E-state index in [4.69, 9.17) is 0 Å². The summed E-state index contributed by atoms with van der Waals surface area (Å²) < 4.78 is 13.6. The maximum absolute atomic E-state index is 13.1. The van der Waals surface area contributed by atoms with Crippen LogP contribution in [0.3, 0.4) is 0 Å². The van der Waals surface area contributed by atoms with Crippen molar-refractivity contribution >= 4 is 33.2 Å². The number of nitrogens with one attached hydrogen (secondary N) is 1. The standard InChI is InChI=1S/C17H20BrFN2OS/c1-3-21(4-2)16(12-7-8-23-11-12)10-20-17(22)14-6-5-13(19)9-15(14)18/h5-9,11,16H,3-4,10H2,1-2H3,(H,20,22). The Morgan fingerprint density at radius 2 is 2.09 bits per heavy atom. The molecule has 1 N–H and O–H groups in total. The van der Waals surface area contributed by atoms with Gasteiger partial charge in [0, 0.05) is 11.0 Å². The zero-order valence-electron chi connectivity index (χ0n) is 13.2. The van der Waals surface area contributed by atoms with Crippen LogP contribution < -0.4 is 5.32 Å². The normalized spacial score (nSPS) is 12.4. The van der Waals surface area contributed by atoms with E-state index in [0.29, 0.717) is 16.6 Å². The molecular formula is C17H20BrFN2OS. The van der Waals surface area contributed by atoms with Gasteiger partial charge in [0.1, 0.15) is 5.82 Å². The fraction of sp³-hybridized carbons (Fsp3) is 0.353. The minimum Gasteiger partial charge on any atom is -0.350 e. The Hall–Kier alpha value is -1.24. The molecule has 6 heteroatoms. The van der Waals surface area contributed by atoms with Crippen LogP contribution in [0.5, 0.6) is 0 Å². The highest BCUT2D eigenvalue weighted by molar-refractivity contribution is 9.10. The molecule has 1 unspecified atom stereocenters. The number of hydrogen-bond donors (Lipinski definition) is 1. The van der Waals surface area contributed by atoms with E-state index >= 15 is 0 Å². The van der Waals surface area contributed by atoms with Gasteiger partial charge in [-0.15, -0.1) is 0 Å². The zero-order chi connectivity index (χ0) is 16.8. The Morgan fingerprint density at radius 3 is 2.65 bits per heavy atom. The lowest BCUT2D eigenvalue weighted by atomic mass is 10.1. The van der Waals surface area contributed by atoms with Gasteiger partial charge < -0.3 is 5.32 Å². The van der Waals surface area contributed by atoms with Gasteiger partial charge in [0.25, 0.3) is 5.91 Å². The Bertz CT molecular complexity index is 644. The van der Waals surface area contributed by atoms with Crippen molar-refractivity contribution in [2.24, 2.45) is 0 Å². The first-order valence-corrected chi connectivity index (χ1v) is 9.29. The average molecular weight is 399 g/mol. The van der Waals surface area contributed by atoms with Gasteiger partial charge in [-0.25, -0.2) is 4.39 Å². The molecule has 2 aromatic rings. The third-order valence-electron chi connectivity index (χ3n) is 3.81. The second-order valence-electron chi connectivity index (χ2n) is 5.13. The second kappa shape index (κ2) is 8.57. The molecule has 2 rings (SSSR count). The van der Waals surface area contributed by atoms with Crippen LogP contribution in [-0.2, 0) is 0 Å². The highest BCUT2D eigenvalue weighted by Gasteiger charge is 2.20. The van der Waals surface area contributed by atoms with E-state index in [1.54, 1.807) is 11.3 Å². The van der Waals surface area contributed by atoms with Crippen LogP contribution in [-0.4, -0.2) is 30.4 Å². The molecule has 0 fully saturated rings. The average Bonchev–Trinajstić information content (AvgIpc) is 3.05. The number of amides is 1. The van der Waals surface area contributed by atoms with Gasteiger partial charge in [0.15, 0.2) is 0 Å². The van der Waals surface area contributed by atoms with Crippen molar-refractivity contribution in [1.82, 2.24) is 10.2 Å². The summed E-state index contributed by atoms with van der Waals surface area (Å²) in [7, 11) is 0. The van der Waals surface area contributed by atoms with Crippen LogP contribution in [0.25, 0.3) is 0 Å². The largest absolute Gasteiger partial charge is 0.350 e. The number of rotatable bonds is 7. The molecule has 0 saturated heterocycles. The molecular weight excluding hydrogens is 379 g/mol. The molecule has 1 aromatic carbocycles. The van der Waals surface area contributed by atoms with E-state index in [9.17, 15) is 9.18 Å². The Labute approximate surface area is 148 Å². The molecule has 0 bridgehead atoms. The summed E-state index contributed by atoms with van der Waals surface area (Å²) >= 11 is 4.89. The van der Waals surface area contributed by atoms with Gasteiger partial charge in [0.2, 0.25) is 0 Å². The van der Waals surface area contributed by atoms with Crippen molar-refractivity contribution in [1.29, 1.82) is 0 Å². The quantitative estimate of drug-likeness (QED) is 0.746. The SMILES string of the molecule is CCN(CC)C(CNC(=O)c1ccc(F)cc1Br)c1ccsc1. The third-order valence-corrected chi connectivity index (χ3v) is 5.17. The van der Waals surface area contributed by atoms with Crippen LogP contribution in [0.4, 0.5) is 4.39 Å². The summed E-state index contributed by atoms with van der Waals surface area (Å²) in [4.78, 5) is 14.7. The lowest BCUT2D eigenvalue weighted by Gasteiger charge is -2.29. The Kier molecular flexibility index (Phi) is 6.74. The maximum atomic E-state index is 13.1. The number of thiophene rings is 1. The number of nitrogens with zero attached hydrogens (tertiary/aromatic N) is 1. The van der Waals surface area contributed by atoms with Crippen LogP contribution in [0.2, 0.25) is 0 Å². The van der Waals surface area contributed by atoms with Crippen LogP contribution >= 0.6 is 27.3 Å². The van der Waals surface area contributed by atoms with E-state index < -0.39 is 0 Å². The van der Waals surface area contributed by atoms with Crippen molar-refractivity contribution in [3.05, 3.63) is 56.4 Å². The predicted octanol–water partition coefficient (Wildman–Crippen LogP) is 4.46. The molecule has 0 radical (unpaired) electrons. The molecule has 1 heterocycles. The fourth-order valence-electron chi connectivity index (χ4n) is 2.54. The lowest BCUT2D eigenvalue weighted by Crippen LogP contribution is -2.38. The van der Waals surface area contributed by atoms with Crippen molar-refractivity contribution in [3.63, 3.8) is 0 Å². The van der Waals surface area contributed by atoms with Gasteiger partial charge in [-0.2, -0.15) is 11.3 Å². The molecule has 0 spiro atoms. The van der Waals surface area contributed by atoms with Crippen molar-refractivity contribution in [2.75, 3.05) is 19.6 Å². The monoisotopic (exact) mass is 398 g/mol. The minimum atomic E-state index is -0.368. The lowest BCUT2D eigenvalue weighted by molar-refractivity contribution is 0.0934. The van der Waals surface area contributed by atoms with Crippen molar-refractivity contribution in [2.45, 2.75) is 19.9 Å². The molecule has 0 aliphatic heterocycles. The molecule has 3 nitrogen and oxygen atoms in total. The highest BCUT2D eigenvalue weighted by Crippen LogP contribution is 2.23. The van der Waals surface area contributed by atoms with E-state index in [1.165, 1.54) is 23.8 Å². The van der Waals surface area contributed by atoms with Gasteiger partial charge in [-0.05, 0) is 69.6 Å². The highest BCUT2D eigenvalue weighted by atomic mass is 79.9. The molecule has 23 heavy (non-hydrogen) atoms. The van der Waals surface area contributed by atoms with Crippen LogP contribution in [0, 0.1) is 5.82 Å². The number of benzene rings is 1. The van der Waals surface area contributed by atoms with Gasteiger partial charge >= 0.3 is 0 Å². The summed E-state index contributed by atoms with van der Waals surface area (Å²) in [6, 6.07) is 6.31. The second-order valence-corrected chi connectivity index (χ2v) is 6.76. The fourth-order valence-corrected chi connectivity index (χ4v) is 3.78. The number of hydrogen-bond acceptors (Lipinski definition) is 3. The topological polar surface area (TPSA) is 32.3 Å². The van der Waals surface area contributed by atoms with Crippen LogP contribution in [0.1, 0.15) is 35.8 Å². The minimum absolute atomic E-state index is 0.138. The number of carbonyl (C=O) groups is 1. The van der Waals surface area contributed by atoms with E-state index in [2.05, 4.69) is 51.4 Å². The molecule has 1 amide bonds. The van der Waals surface area contributed by atoms with E-state index in [-0.39, 0.29) is 17.8 Å². The van der Waals surface area contributed by atoms with E-state index in [1.807, 2.05) is 5.38 Å². The summed E-state index contributed by atoms with van der Waals surface area (Å²) in [5.41, 5.74) is 1.65. The Balaban J connectivity index is 2.10. The summed E-state index contributed by atoms with van der Waals surface area (Å²) in [5.74, 6) is -0.572. The number of halogens is 2. The van der Waals surface area contributed by atoms with E-state index in [0.717, 1.165) is 13.1 Å². The number of likely N-dealkylation sites (N-methyl/N-ethyl adjacent to an activating group) is 1. The Morgan fingerprint density at radius 1 is 1.35 bits per heavy atom. The number of carbonyl (C=O) groups excluding carboxylic acids is 1. The zero-order valence-corrected chi connectivity index (χ0v) is 15.6. The summed E-state index contributed by atoms with van der Waals surface area (Å²) in [5, 5.41) is 7.13. The first kappa shape index (κ1) is 18.1. The molecule has 0 saturated carbocycles. The molecule has 0 aliphatic carbocycles. The van der Waals surface area contributed by atoms with Crippen molar-refractivity contribution in [3.8, 4) is 0 Å².